The fourth-order valence-corrected chi connectivity index (χ4v) is 4.02. The Morgan fingerprint density at radius 1 is 0.933 bits per heavy atom. The molecule has 30 heavy (non-hydrogen) atoms. The zero-order valence-electron chi connectivity index (χ0n) is 17.4. The Kier molecular flexibility index (Phi) is 6.38. The van der Waals surface area contributed by atoms with Gasteiger partial charge in [0.2, 0.25) is 5.91 Å². The molecule has 0 radical (unpaired) electrons. The summed E-state index contributed by atoms with van der Waals surface area (Å²) in [6, 6.07) is 24.3. The summed E-state index contributed by atoms with van der Waals surface area (Å²) >= 11 is 0. The number of carbonyl (C=O) groups excluding carboxylic acids is 1. The molecule has 0 atom stereocenters. The maximum Gasteiger partial charge on any atom is 0.226 e. The number of hydrogen-bond donors (Lipinski definition) is 0. The number of aromatic nitrogens is 2. The van der Waals surface area contributed by atoms with Gasteiger partial charge in [0.05, 0.1) is 5.69 Å². The van der Waals surface area contributed by atoms with Gasteiger partial charge in [-0.1, -0.05) is 60.7 Å². The second-order valence-corrected chi connectivity index (χ2v) is 7.74. The van der Waals surface area contributed by atoms with Crippen LogP contribution in [-0.2, 0) is 11.3 Å². The third-order valence-electron chi connectivity index (χ3n) is 5.80. The fourth-order valence-electron chi connectivity index (χ4n) is 4.02. The molecule has 1 aromatic heterocycles. The smallest absolute Gasteiger partial charge is 0.226 e. The molecule has 0 bridgehead atoms. The highest BCUT2D eigenvalue weighted by Gasteiger charge is 2.28. The van der Waals surface area contributed by atoms with E-state index < -0.39 is 0 Å². The zero-order chi connectivity index (χ0) is 20.8. The van der Waals surface area contributed by atoms with Crippen molar-refractivity contribution in [2.75, 3.05) is 24.5 Å². The van der Waals surface area contributed by atoms with Crippen LogP contribution in [0.3, 0.4) is 0 Å². The van der Waals surface area contributed by atoms with Gasteiger partial charge in [-0.25, -0.2) is 0 Å². The molecule has 3 aromatic rings. The van der Waals surface area contributed by atoms with Crippen LogP contribution < -0.4 is 4.90 Å². The first-order valence-electron chi connectivity index (χ1n) is 10.7. The van der Waals surface area contributed by atoms with E-state index in [-0.39, 0.29) is 11.8 Å². The second kappa shape index (κ2) is 9.53. The predicted octanol–water partition coefficient (Wildman–Crippen LogP) is 4.41. The first-order valence-corrected chi connectivity index (χ1v) is 10.7. The fraction of sp³-hybridized carbons (Fsp3) is 0.320. The van der Waals surface area contributed by atoms with Crippen LogP contribution in [0, 0.1) is 5.92 Å². The molecule has 1 fully saturated rings. The number of rotatable bonds is 6. The van der Waals surface area contributed by atoms with Gasteiger partial charge in [-0.3, -0.25) is 4.79 Å². The van der Waals surface area contributed by atoms with Crippen molar-refractivity contribution in [2.24, 2.45) is 5.92 Å². The lowest BCUT2D eigenvalue weighted by atomic mass is 9.95. The first-order chi connectivity index (χ1) is 14.7. The van der Waals surface area contributed by atoms with E-state index in [9.17, 15) is 4.79 Å². The summed E-state index contributed by atoms with van der Waals surface area (Å²) in [7, 11) is 0. The minimum Gasteiger partial charge on any atom is -0.355 e. The molecule has 1 saturated heterocycles. The van der Waals surface area contributed by atoms with Gasteiger partial charge in [0.1, 0.15) is 0 Å². The van der Waals surface area contributed by atoms with Crippen LogP contribution in [0.25, 0.3) is 11.3 Å². The van der Waals surface area contributed by atoms with E-state index in [1.165, 1.54) is 5.56 Å². The van der Waals surface area contributed by atoms with Gasteiger partial charge in [0, 0.05) is 37.7 Å². The second-order valence-electron chi connectivity index (χ2n) is 7.74. The molecule has 0 saturated carbocycles. The Morgan fingerprint density at radius 3 is 2.20 bits per heavy atom. The van der Waals surface area contributed by atoms with Gasteiger partial charge >= 0.3 is 0 Å². The number of carbonyl (C=O) groups is 1. The SMILES string of the molecule is CCN(Cc1ccccc1)C(=O)C1CCN(c2ccc(-c3ccccc3)nn2)CC1. The van der Waals surface area contributed by atoms with E-state index in [0.717, 1.165) is 49.6 Å². The number of anilines is 1. The highest BCUT2D eigenvalue weighted by Crippen LogP contribution is 2.25. The molecule has 1 aliphatic rings. The molecule has 0 aliphatic carbocycles. The van der Waals surface area contributed by atoms with Crippen molar-refractivity contribution in [1.29, 1.82) is 0 Å². The standard InChI is InChI=1S/C25H28N4O/c1-2-28(19-20-9-5-3-6-10-20)25(30)22-15-17-29(18-16-22)24-14-13-23(26-27-24)21-11-7-4-8-12-21/h3-14,22H,2,15-19H2,1H3. The largest absolute Gasteiger partial charge is 0.355 e. The summed E-state index contributed by atoms with van der Waals surface area (Å²) in [6.07, 6.45) is 1.71. The number of piperidine rings is 1. The Balaban J connectivity index is 1.34. The summed E-state index contributed by atoms with van der Waals surface area (Å²) in [6.45, 7) is 5.14. The summed E-state index contributed by atoms with van der Waals surface area (Å²) in [4.78, 5) is 17.3. The third kappa shape index (κ3) is 4.67. The van der Waals surface area contributed by atoms with Crippen molar-refractivity contribution >= 4 is 11.7 Å². The van der Waals surface area contributed by atoms with Crippen molar-refractivity contribution < 1.29 is 4.79 Å². The molecular formula is C25H28N4O. The van der Waals surface area contributed by atoms with Crippen LogP contribution in [0.4, 0.5) is 5.82 Å². The number of hydrogen-bond acceptors (Lipinski definition) is 4. The quantitative estimate of drug-likeness (QED) is 0.615. The van der Waals surface area contributed by atoms with E-state index in [1.807, 2.05) is 65.6 Å². The van der Waals surface area contributed by atoms with Crippen LogP contribution in [-0.4, -0.2) is 40.6 Å². The van der Waals surface area contributed by atoms with Gasteiger partial charge in [-0.15, -0.1) is 10.2 Å². The lowest BCUT2D eigenvalue weighted by molar-refractivity contribution is -0.136. The lowest BCUT2D eigenvalue weighted by Gasteiger charge is -2.34. The van der Waals surface area contributed by atoms with Crippen molar-refractivity contribution in [1.82, 2.24) is 15.1 Å². The number of benzene rings is 2. The first kappa shape index (κ1) is 20.1. The van der Waals surface area contributed by atoms with E-state index in [2.05, 4.69) is 34.2 Å². The van der Waals surface area contributed by atoms with Crippen molar-refractivity contribution in [3.63, 3.8) is 0 Å². The van der Waals surface area contributed by atoms with Gasteiger partial charge in [0.15, 0.2) is 5.82 Å². The molecule has 4 rings (SSSR count). The predicted molar refractivity (Wildman–Crippen MR) is 120 cm³/mol. The third-order valence-corrected chi connectivity index (χ3v) is 5.80. The van der Waals surface area contributed by atoms with Gasteiger partial charge in [-0.2, -0.15) is 0 Å². The molecule has 154 valence electrons. The summed E-state index contributed by atoms with van der Waals surface area (Å²) < 4.78 is 0. The molecule has 2 heterocycles. The minimum atomic E-state index is 0.0847. The van der Waals surface area contributed by atoms with E-state index in [4.69, 9.17) is 0 Å². The van der Waals surface area contributed by atoms with E-state index in [1.54, 1.807) is 0 Å². The maximum absolute atomic E-state index is 13.1. The van der Waals surface area contributed by atoms with Gasteiger partial charge in [-0.05, 0) is 37.5 Å². The van der Waals surface area contributed by atoms with Crippen molar-refractivity contribution in [3.8, 4) is 11.3 Å². The Morgan fingerprint density at radius 2 is 1.60 bits per heavy atom. The maximum atomic E-state index is 13.1. The van der Waals surface area contributed by atoms with Crippen molar-refractivity contribution in [3.05, 3.63) is 78.4 Å². The van der Waals surface area contributed by atoms with E-state index in [0.29, 0.717) is 6.54 Å². The number of amides is 1. The minimum absolute atomic E-state index is 0.0847. The highest BCUT2D eigenvalue weighted by molar-refractivity contribution is 5.79. The molecule has 0 spiro atoms. The molecule has 0 N–H and O–H groups in total. The number of nitrogens with zero attached hydrogens (tertiary/aromatic N) is 4. The molecular weight excluding hydrogens is 372 g/mol. The Labute approximate surface area is 178 Å². The molecule has 5 heteroatoms. The van der Waals surface area contributed by atoms with E-state index >= 15 is 0 Å². The summed E-state index contributed by atoms with van der Waals surface area (Å²) in [5.74, 6) is 1.24. The van der Waals surface area contributed by atoms with Crippen LogP contribution in [0.1, 0.15) is 25.3 Å². The monoisotopic (exact) mass is 400 g/mol. The zero-order valence-corrected chi connectivity index (χ0v) is 17.4. The Bertz CT molecular complexity index is 936. The van der Waals surface area contributed by atoms with Crippen molar-refractivity contribution in [2.45, 2.75) is 26.3 Å². The van der Waals surface area contributed by atoms with Crippen LogP contribution in [0.5, 0.6) is 0 Å². The topological polar surface area (TPSA) is 49.3 Å². The summed E-state index contributed by atoms with van der Waals surface area (Å²) in [5.41, 5.74) is 3.13. The average molecular weight is 401 g/mol. The average Bonchev–Trinajstić information content (AvgIpc) is 2.83. The molecule has 5 nitrogen and oxygen atoms in total. The molecule has 2 aromatic carbocycles. The molecule has 0 unspecified atom stereocenters. The van der Waals surface area contributed by atoms with Crippen LogP contribution >= 0.6 is 0 Å². The lowest BCUT2D eigenvalue weighted by Crippen LogP contribution is -2.42. The van der Waals surface area contributed by atoms with Gasteiger partial charge < -0.3 is 9.80 Å². The molecule has 1 amide bonds. The molecule has 1 aliphatic heterocycles. The summed E-state index contributed by atoms with van der Waals surface area (Å²) in [5, 5.41) is 8.84. The highest BCUT2D eigenvalue weighted by atomic mass is 16.2. The normalized spacial score (nSPS) is 14.5. The Hall–Kier alpha value is -3.21. The van der Waals surface area contributed by atoms with Crippen LogP contribution in [0.15, 0.2) is 72.8 Å². The van der Waals surface area contributed by atoms with Gasteiger partial charge in [0.25, 0.3) is 0 Å². The van der Waals surface area contributed by atoms with Crippen LogP contribution in [0.2, 0.25) is 0 Å².